The lowest BCUT2D eigenvalue weighted by molar-refractivity contribution is 0.590. The van der Waals surface area contributed by atoms with Gasteiger partial charge < -0.3 is 5.32 Å². The van der Waals surface area contributed by atoms with Crippen molar-refractivity contribution in [3.63, 3.8) is 0 Å². The molecule has 134 valence electrons. The average molecular weight is 353 g/mol. The van der Waals surface area contributed by atoms with Crippen LogP contribution in [0.1, 0.15) is 26.3 Å². The van der Waals surface area contributed by atoms with Gasteiger partial charge in [0.15, 0.2) is 0 Å². The third-order valence-corrected chi connectivity index (χ3v) is 4.77. The molecule has 1 aromatic heterocycles. The van der Waals surface area contributed by atoms with E-state index in [0.29, 0.717) is 0 Å². The van der Waals surface area contributed by atoms with Crippen LogP contribution in [0.5, 0.6) is 0 Å². The van der Waals surface area contributed by atoms with E-state index in [2.05, 4.69) is 103 Å². The van der Waals surface area contributed by atoms with Gasteiger partial charge in [-0.15, -0.1) is 0 Å². The largest absolute Gasteiger partial charge is 0.340 e. The summed E-state index contributed by atoms with van der Waals surface area (Å²) in [4.78, 5) is 8.86. The molecule has 4 aromatic rings. The molecule has 0 bridgehead atoms. The summed E-state index contributed by atoms with van der Waals surface area (Å²) in [6, 6.07) is 25.2. The molecule has 0 aliphatic carbocycles. The number of anilines is 2. The molecule has 1 N–H and O–H groups in total. The van der Waals surface area contributed by atoms with Crippen molar-refractivity contribution in [2.75, 3.05) is 5.32 Å². The predicted octanol–water partition coefficient (Wildman–Crippen LogP) is 6.34. The van der Waals surface area contributed by atoms with Gasteiger partial charge in [-0.25, -0.2) is 9.97 Å². The van der Waals surface area contributed by atoms with E-state index >= 15 is 0 Å². The van der Waals surface area contributed by atoms with E-state index < -0.39 is 0 Å². The molecular formula is C24H23N3. The van der Waals surface area contributed by atoms with Crippen molar-refractivity contribution in [1.29, 1.82) is 0 Å². The molecule has 0 unspecified atom stereocenters. The van der Waals surface area contributed by atoms with Crippen molar-refractivity contribution in [3.8, 4) is 11.3 Å². The quantitative estimate of drug-likeness (QED) is 0.467. The molecule has 1 heterocycles. The maximum atomic E-state index is 4.45. The molecule has 27 heavy (non-hydrogen) atoms. The Balaban J connectivity index is 1.65. The highest BCUT2D eigenvalue weighted by Gasteiger charge is 2.13. The smallest absolute Gasteiger partial charge is 0.134 e. The van der Waals surface area contributed by atoms with Gasteiger partial charge in [0.1, 0.15) is 12.1 Å². The van der Waals surface area contributed by atoms with Crippen LogP contribution >= 0.6 is 0 Å². The minimum atomic E-state index is 0.144. The van der Waals surface area contributed by atoms with Crippen LogP contribution in [0.15, 0.2) is 79.1 Å². The molecule has 0 spiro atoms. The first-order valence-corrected chi connectivity index (χ1v) is 9.18. The number of fused-ring (bicyclic) bond motifs is 1. The van der Waals surface area contributed by atoms with Gasteiger partial charge in [0.05, 0.1) is 5.69 Å². The molecule has 0 aliphatic heterocycles. The number of benzene rings is 3. The highest BCUT2D eigenvalue weighted by atomic mass is 15.0. The zero-order valence-electron chi connectivity index (χ0n) is 15.9. The van der Waals surface area contributed by atoms with Crippen molar-refractivity contribution < 1.29 is 0 Å². The lowest BCUT2D eigenvalue weighted by Gasteiger charge is -2.19. The second kappa shape index (κ2) is 6.84. The SMILES string of the molecule is CC(C)(C)c1ccc(-c2cc(Nc3cccc4ccccc34)ncn2)cc1. The van der Waals surface area contributed by atoms with Crippen molar-refractivity contribution in [1.82, 2.24) is 9.97 Å². The molecule has 0 radical (unpaired) electrons. The number of rotatable bonds is 3. The lowest BCUT2D eigenvalue weighted by atomic mass is 9.86. The first kappa shape index (κ1) is 17.2. The van der Waals surface area contributed by atoms with E-state index in [-0.39, 0.29) is 5.41 Å². The van der Waals surface area contributed by atoms with Crippen LogP contribution in [0.4, 0.5) is 11.5 Å². The fourth-order valence-electron chi connectivity index (χ4n) is 3.20. The molecule has 0 saturated heterocycles. The van der Waals surface area contributed by atoms with Gasteiger partial charge >= 0.3 is 0 Å². The Morgan fingerprint density at radius 1 is 0.778 bits per heavy atom. The van der Waals surface area contributed by atoms with Crippen LogP contribution in [0.2, 0.25) is 0 Å². The van der Waals surface area contributed by atoms with Crippen molar-refractivity contribution >= 4 is 22.3 Å². The monoisotopic (exact) mass is 353 g/mol. The summed E-state index contributed by atoms with van der Waals surface area (Å²) in [5, 5.41) is 5.82. The third-order valence-electron chi connectivity index (χ3n) is 4.77. The topological polar surface area (TPSA) is 37.8 Å². The molecule has 0 saturated carbocycles. The zero-order valence-corrected chi connectivity index (χ0v) is 15.9. The summed E-state index contributed by atoms with van der Waals surface area (Å²) in [6.07, 6.45) is 1.61. The second-order valence-electron chi connectivity index (χ2n) is 7.77. The number of hydrogen-bond donors (Lipinski definition) is 1. The number of nitrogens with zero attached hydrogens (tertiary/aromatic N) is 2. The van der Waals surface area contributed by atoms with E-state index in [1.54, 1.807) is 6.33 Å². The van der Waals surface area contributed by atoms with Gasteiger partial charge in [-0.3, -0.25) is 0 Å². The van der Waals surface area contributed by atoms with Crippen LogP contribution in [-0.2, 0) is 5.41 Å². The molecule has 0 fully saturated rings. The molecule has 0 aliphatic rings. The third kappa shape index (κ3) is 3.68. The van der Waals surface area contributed by atoms with E-state index in [0.717, 1.165) is 22.8 Å². The highest BCUT2D eigenvalue weighted by molar-refractivity contribution is 5.95. The van der Waals surface area contributed by atoms with Crippen LogP contribution in [0.3, 0.4) is 0 Å². The summed E-state index contributed by atoms with van der Waals surface area (Å²) in [5.74, 6) is 0.788. The van der Waals surface area contributed by atoms with Gasteiger partial charge in [-0.1, -0.05) is 81.4 Å². The fourth-order valence-corrected chi connectivity index (χ4v) is 3.20. The Labute approximate surface area is 160 Å². The zero-order chi connectivity index (χ0) is 18.9. The summed E-state index contributed by atoms with van der Waals surface area (Å²) < 4.78 is 0. The van der Waals surface area contributed by atoms with E-state index in [1.807, 2.05) is 6.07 Å². The molecule has 0 atom stereocenters. The van der Waals surface area contributed by atoms with Gasteiger partial charge in [-0.2, -0.15) is 0 Å². The van der Waals surface area contributed by atoms with E-state index in [9.17, 15) is 0 Å². The Morgan fingerprint density at radius 2 is 1.52 bits per heavy atom. The van der Waals surface area contributed by atoms with Gasteiger partial charge in [0, 0.05) is 22.7 Å². The van der Waals surface area contributed by atoms with Crippen molar-refractivity contribution in [2.24, 2.45) is 0 Å². The number of nitrogens with one attached hydrogen (secondary N) is 1. The van der Waals surface area contributed by atoms with Gasteiger partial charge in [0.25, 0.3) is 0 Å². The predicted molar refractivity (Wildman–Crippen MR) is 113 cm³/mol. The summed E-state index contributed by atoms with van der Waals surface area (Å²) in [5.41, 5.74) is 4.50. The minimum absolute atomic E-state index is 0.144. The van der Waals surface area contributed by atoms with Gasteiger partial charge in [0.2, 0.25) is 0 Å². The summed E-state index contributed by atoms with van der Waals surface area (Å²) in [6.45, 7) is 6.66. The molecule has 4 rings (SSSR count). The highest BCUT2D eigenvalue weighted by Crippen LogP contribution is 2.28. The maximum absolute atomic E-state index is 4.45. The van der Waals surface area contributed by atoms with E-state index in [4.69, 9.17) is 0 Å². The fraction of sp³-hybridized carbons (Fsp3) is 0.167. The number of aromatic nitrogens is 2. The normalized spacial score (nSPS) is 11.5. The van der Waals surface area contributed by atoms with Crippen LogP contribution < -0.4 is 5.32 Å². The van der Waals surface area contributed by atoms with Crippen LogP contribution in [0, 0.1) is 0 Å². The molecule has 0 amide bonds. The van der Waals surface area contributed by atoms with Gasteiger partial charge in [-0.05, 0) is 22.4 Å². The standard InChI is InChI=1S/C24H23N3/c1-24(2,3)19-13-11-18(12-14-19)22-15-23(26-16-25-22)27-21-10-6-8-17-7-4-5-9-20(17)21/h4-16H,1-3H3,(H,25,26,27). The number of hydrogen-bond acceptors (Lipinski definition) is 3. The first-order valence-electron chi connectivity index (χ1n) is 9.18. The van der Waals surface area contributed by atoms with Crippen LogP contribution in [-0.4, -0.2) is 9.97 Å². The molecule has 3 aromatic carbocycles. The van der Waals surface area contributed by atoms with Crippen molar-refractivity contribution in [2.45, 2.75) is 26.2 Å². The average Bonchev–Trinajstić information content (AvgIpc) is 2.68. The maximum Gasteiger partial charge on any atom is 0.134 e. The van der Waals surface area contributed by atoms with E-state index in [1.165, 1.54) is 16.3 Å². The molecule has 3 heteroatoms. The lowest BCUT2D eigenvalue weighted by Crippen LogP contribution is -2.10. The Bertz CT molecular complexity index is 1070. The Hall–Kier alpha value is -3.20. The minimum Gasteiger partial charge on any atom is -0.340 e. The van der Waals surface area contributed by atoms with Crippen molar-refractivity contribution in [3.05, 3.63) is 84.7 Å². The summed E-state index contributed by atoms with van der Waals surface area (Å²) >= 11 is 0. The summed E-state index contributed by atoms with van der Waals surface area (Å²) in [7, 11) is 0. The van der Waals surface area contributed by atoms with Crippen LogP contribution in [0.25, 0.3) is 22.0 Å². The Kier molecular flexibility index (Phi) is 4.36. The Morgan fingerprint density at radius 3 is 2.30 bits per heavy atom. The first-order chi connectivity index (χ1) is 13.0. The molecular weight excluding hydrogens is 330 g/mol. The molecule has 3 nitrogen and oxygen atoms in total. The second-order valence-corrected chi connectivity index (χ2v) is 7.77.